The number of rotatable bonds is 2. The second-order valence-electron chi connectivity index (χ2n) is 4.32. The number of hydrogen-bond acceptors (Lipinski definition) is 4. The first-order valence-corrected chi connectivity index (χ1v) is 5.96. The van der Waals surface area contributed by atoms with Gasteiger partial charge in [0.1, 0.15) is 11.9 Å². The molecule has 0 saturated carbocycles. The van der Waals surface area contributed by atoms with Crippen molar-refractivity contribution in [3.05, 3.63) is 35.9 Å². The summed E-state index contributed by atoms with van der Waals surface area (Å²) >= 11 is 0. The third-order valence-corrected chi connectivity index (χ3v) is 3.19. The number of methoxy groups -OCH3 is 1. The average molecular weight is 246 g/mol. The third kappa shape index (κ3) is 1.76. The molecule has 0 aliphatic carbocycles. The van der Waals surface area contributed by atoms with Gasteiger partial charge in [-0.3, -0.25) is 0 Å². The van der Waals surface area contributed by atoms with Gasteiger partial charge in [-0.1, -0.05) is 0 Å². The van der Waals surface area contributed by atoms with Crippen LogP contribution in [-0.4, -0.2) is 29.1 Å². The molecule has 94 valence electrons. The molecule has 2 aromatic rings. The second kappa shape index (κ2) is 4.42. The number of nitrogens with zero attached hydrogens (tertiary/aromatic N) is 2. The largest absolute Gasteiger partial charge is 0.465 e. The van der Waals surface area contributed by atoms with Crippen molar-refractivity contribution >= 4 is 11.5 Å². The fraction of sp³-hybridized carbons (Fsp3) is 0.385. The first-order valence-electron chi connectivity index (χ1n) is 5.96. The lowest BCUT2D eigenvalue weighted by atomic mass is 10.2. The molecule has 3 rings (SSSR count). The zero-order valence-electron chi connectivity index (χ0n) is 10.1. The topological polar surface area (TPSA) is 52.8 Å². The molecule has 18 heavy (non-hydrogen) atoms. The highest BCUT2D eigenvalue weighted by Crippen LogP contribution is 2.28. The van der Waals surface area contributed by atoms with Gasteiger partial charge in [0.05, 0.1) is 24.4 Å². The fourth-order valence-electron chi connectivity index (χ4n) is 2.27. The third-order valence-electron chi connectivity index (χ3n) is 3.19. The van der Waals surface area contributed by atoms with Gasteiger partial charge in [0, 0.05) is 12.8 Å². The van der Waals surface area contributed by atoms with Crippen molar-refractivity contribution in [2.45, 2.75) is 18.9 Å². The van der Waals surface area contributed by atoms with Crippen LogP contribution in [0.25, 0.3) is 5.52 Å². The average Bonchev–Trinajstić information content (AvgIpc) is 3.05. The first-order chi connectivity index (χ1) is 8.79. The van der Waals surface area contributed by atoms with E-state index in [0.717, 1.165) is 30.8 Å². The molecule has 0 spiro atoms. The van der Waals surface area contributed by atoms with Crippen molar-refractivity contribution in [2.75, 3.05) is 13.7 Å². The van der Waals surface area contributed by atoms with Gasteiger partial charge >= 0.3 is 5.97 Å². The summed E-state index contributed by atoms with van der Waals surface area (Å²) in [6.45, 7) is 0.774. The van der Waals surface area contributed by atoms with Crippen LogP contribution in [0.3, 0.4) is 0 Å². The molecule has 1 unspecified atom stereocenters. The molecule has 5 heteroatoms. The van der Waals surface area contributed by atoms with Crippen molar-refractivity contribution < 1.29 is 14.3 Å². The van der Waals surface area contributed by atoms with Crippen LogP contribution in [0.2, 0.25) is 0 Å². The van der Waals surface area contributed by atoms with Crippen LogP contribution in [-0.2, 0) is 9.47 Å². The Bertz CT molecular complexity index is 585. The van der Waals surface area contributed by atoms with Gasteiger partial charge in [0.15, 0.2) is 0 Å². The van der Waals surface area contributed by atoms with Gasteiger partial charge in [0.2, 0.25) is 0 Å². The minimum absolute atomic E-state index is 0.0281. The molecule has 0 N–H and O–H groups in total. The van der Waals surface area contributed by atoms with Crippen LogP contribution in [0, 0.1) is 0 Å². The number of pyridine rings is 1. The number of carbonyl (C=O) groups is 1. The summed E-state index contributed by atoms with van der Waals surface area (Å²) < 4.78 is 12.3. The maximum absolute atomic E-state index is 11.5. The maximum Gasteiger partial charge on any atom is 0.339 e. The lowest BCUT2D eigenvalue weighted by Gasteiger charge is -2.09. The van der Waals surface area contributed by atoms with Crippen molar-refractivity contribution in [2.24, 2.45) is 0 Å². The van der Waals surface area contributed by atoms with E-state index in [9.17, 15) is 4.79 Å². The second-order valence-corrected chi connectivity index (χ2v) is 4.32. The van der Waals surface area contributed by atoms with Crippen molar-refractivity contribution in [3.8, 4) is 0 Å². The Hall–Kier alpha value is -1.88. The number of ether oxygens (including phenoxy) is 2. The highest BCUT2D eigenvalue weighted by atomic mass is 16.5. The van der Waals surface area contributed by atoms with E-state index in [1.54, 1.807) is 18.5 Å². The number of aromatic nitrogens is 2. The standard InChI is InChI=1S/C13H14N2O3/c1-17-13(16)9-4-5-10-7-14-12(15(10)8-9)11-3-2-6-18-11/h4-5,7-8,11H,2-3,6H2,1H3. The molecular formula is C13H14N2O3. The molecule has 1 atom stereocenters. The highest BCUT2D eigenvalue weighted by Gasteiger charge is 2.22. The molecule has 0 aromatic carbocycles. The Balaban J connectivity index is 2.07. The van der Waals surface area contributed by atoms with E-state index >= 15 is 0 Å². The quantitative estimate of drug-likeness (QED) is 0.760. The van der Waals surface area contributed by atoms with E-state index < -0.39 is 0 Å². The fourth-order valence-corrected chi connectivity index (χ4v) is 2.27. The summed E-state index contributed by atoms with van der Waals surface area (Å²) in [5.74, 6) is 0.511. The Morgan fingerprint density at radius 2 is 2.44 bits per heavy atom. The van der Waals surface area contributed by atoms with Gasteiger partial charge < -0.3 is 13.9 Å². The van der Waals surface area contributed by atoms with Crippen LogP contribution in [0.15, 0.2) is 24.5 Å². The van der Waals surface area contributed by atoms with Gasteiger partial charge in [-0.05, 0) is 25.0 Å². The Morgan fingerprint density at radius 1 is 1.56 bits per heavy atom. The summed E-state index contributed by atoms with van der Waals surface area (Å²) in [4.78, 5) is 15.9. The molecule has 1 saturated heterocycles. The van der Waals surface area contributed by atoms with Crippen LogP contribution in [0.5, 0.6) is 0 Å². The van der Waals surface area contributed by atoms with E-state index in [1.165, 1.54) is 7.11 Å². The van der Waals surface area contributed by atoms with Crippen LogP contribution in [0.4, 0.5) is 0 Å². The van der Waals surface area contributed by atoms with Crippen LogP contribution >= 0.6 is 0 Å². The molecule has 3 heterocycles. The van der Waals surface area contributed by atoms with E-state index in [4.69, 9.17) is 9.47 Å². The molecule has 0 bridgehead atoms. The van der Waals surface area contributed by atoms with E-state index in [0.29, 0.717) is 5.56 Å². The van der Waals surface area contributed by atoms with E-state index in [1.807, 2.05) is 10.5 Å². The first kappa shape index (κ1) is 11.2. The smallest absolute Gasteiger partial charge is 0.339 e. The highest BCUT2D eigenvalue weighted by molar-refractivity contribution is 5.89. The van der Waals surface area contributed by atoms with Crippen LogP contribution in [0.1, 0.15) is 35.1 Å². The molecular weight excluding hydrogens is 232 g/mol. The molecule has 5 nitrogen and oxygen atoms in total. The molecule has 0 amide bonds. The molecule has 0 radical (unpaired) electrons. The minimum atomic E-state index is -0.344. The van der Waals surface area contributed by atoms with Gasteiger partial charge in [-0.2, -0.15) is 0 Å². The van der Waals surface area contributed by atoms with Crippen molar-refractivity contribution in [1.29, 1.82) is 0 Å². The Labute approximate surface area is 104 Å². The number of carbonyl (C=O) groups excluding carboxylic acids is 1. The zero-order chi connectivity index (χ0) is 12.5. The summed E-state index contributed by atoms with van der Waals surface area (Å²) in [6.07, 6.45) is 5.60. The lowest BCUT2D eigenvalue weighted by molar-refractivity contribution is 0.0599. The molecule has 1 fully saturated rings. The Kier molecular flexibility index (Phi) is 2.76. The Morgan fingerprint density at radius 3 is 3.17 bits per heavy atom. The SMILES string of the molecule is COC(=O)c1ccc2cnc(C3CCCO3)n2c1. The summed E-state index contributed by atoms with van der Waals surface area (Å²) in [5.41, 5.74) is 1.47. The number of hydrogen-bond donors (Lipinski definition) is 0. The monoisotopic (exact) mass is 246 g/mol. The number of imidazole rings is 1. The summed E-state index contributed by atoms with van der Waals surface area (Å²) in [6, 6.07) is 3.60. The van der Waals surface area contributed by atoms with Gasteiger partial charge in [-0.15, -0.1) is 0 Å². The number of esters is 1. The van der Waals surface area contributed by atoms with E-state index in [-0.39, 0.29) is 12.1 Å². The lowest BCUT2D eigenvalue weighted by Crippen LogP contribution is -2.06. The van der Waals surface area contributed by atoms with Gasteiger partial charge in [-0.25, -0.2) is 9.78 Å². The molecule has 1 aliphatic rings. The van der Waals surface area contributed by atoms with E-state index in [2.05, 4.69) is 4.98 Å². The number of fused-ring (bicyclic) bond motifs is 1. The minimum Gasteiger partial charge on any atom is -0.465 e. The predicted octanol–water partition coefficient (Wildman–Crippen LogP) is 1.97. The molecule has 2 aromatic heterocycles. The van der Waals surface area contributed by atoms with Crippen molar-refractivity contribution in [1.82, 2.24) is 9.38 Å². The normalized spacial score (nSPS) is 19.3. The summed E-state index contributed by atoms with van der Waals surface area (Å²) in [7, 11) is 1.38. The van der Waals surface area contributed by atoms with Crippen molar-refractivity contribution in [3.63, 3.8) is 0 Å². The molecule has 1 aliphatic heterocycles. The summed E-state index contributed by atoms with van der Waals surface area (Å²) in [5, 5.41) is 0. The zero-order valence-corrected chi connectivity index (χ0v) is 10.1. The van der Waals surface area contributed by atoms with Crippen LogP contribution < -0.4 is 0 Å². The predicted molar refractivity (Wildman–Crippen MR) is 64.5 cm³/mol. The maximum atomic E-state index is 11.5. The van der Waals surface area contributed by atoms with Gasteiger partial charge in [0.25, 0.3) is 0 Å².